The molecule has 0 fully saturated rings. The SMILES string of the molecule is Cc1cc(N)cc(C#CCCCl)c1. The molecule has 0 spiro atoms. The molecular weight excluding hydrogens is 182 g/mol. The number of benzene rings is 1. The summed E-state index contributed by atoms with van der Waals surface area (Å²) in [5.41, 5.74) is 8.52. The van der Waals surface area contributed by atoms with Gasteiger partial charge in [-0.15, -0.1) is 11.6 Å². The van der Waals surface area contributed by atoms with Crippen molar-refractivity contribution < 1.29 is 0 Å². The Hall–Kier alpha value is -1.13. The molecule has 0 radical (unpaired) electrons. The average molecular weight is 194 g/mol. The quantitative estimate of drug-likeness (QED) is 0.414. The Morgan fingerprint density at radius 1 is 1.38 bits per heavy atom. The molecule has 0 aliphatic carbocycles. The molecule has 2 N–H and O–H groups in total. The Labute approximate surface area is 83.9 Å². The molecule has 0 atom stereocenters. The van der Waals surface area contributed by atoms with Crippen LogP contribution in [0.2, 0.25) is 0 Å². The van der Waals surface area contributed by atoms with Crippen LogP contribution in [0.4, 0.5) is 5.69 Å². The van der Waals surface area contributed by atoms with E-state index in [4.69, 9.17) is 17.3 Å². The molecule has 0 aliphatic rings. The molecule has 1 aromatic rings. The fourth-order valence-electron chi connectivity index (χ4n) is 1.10. The fourth-order valence-corrected chi connectivity index (χ4v) is 1.19. The minimum atomic E-state index is 0.578. The summed E-state index contributed by atoms with van der Waals surface area (Å²) in [5, 5.41) is 0. The highest BCUT2D eigenvalue weighted by molar-refractivity contribution is 6.18. The van der Waals surface area contributed by atoms with Crippen LogP contribution in [-0.2, 0) is 0 Å². The largest absolute Gasteiger partial charge is 0.399 e. The smallest absolute Gasteiger partial charge is 0.0333 e. The number of hydrogen-bond donors (Lipinski definition) is 1. The second kappa shape index (κ2) is 4.79. The Kier molecular flexibility index (Phi) is 3.67. The van der Waals surface area contributed by atoms with Crippen molar-refractivity contribution in [1.82, 2.24) is 0 Å². The Morgan fingerprint density at radius 2 is 2.15 bits per heavy atom. The molecule has 0 amide bonds. The lowest BCUT2D eigenvalue weighted by Crippen LogP contribution is -1.87. The number of aryl methyl sites for hydroxylation is 1. The van der Waals surface area contributed by atoms with Crippen molar-refractivity contribution in [3.05, 3.63) is 29.3 Å². The molecule has 0 heterocycles. The number of halogens is 1. The summed E-state index contributed by atoms with van der Waals surface area (Å²) < 4.78 is 0. The van der Waals surface area contributed by atoms with Crippen LogP contribution in [0.3, 0.4) is 0 Å². The second-order valence-electron chi connectivity index (χ2n) is 2.87. The maximum absolute atomic E-state index is 5.67. The standard InChI is InChI=1S/C11H12ClN/c1-9-6-10(4-2-3-5-12)8-11(13)7-9/h6-8H,3,5,13H2,1H3. The lowest BCUT2D eigenvalue weighted by atomic mass is 10.1. The van der Waals surface area contributed by atoms with Gasteiger partial charge in [0.1, 0.15) is 0 Å². The zero-order valence-electron chi connectivity index (χ0n) is 7.60. The van der Waals surface area contributed by atoms with E-state index in [1.807, 2.05) is 25.1 Å². The van der Waals surface area contributed by atoms with Crippen LogP contribution in [0.25, 0.3) is 0 Å². The minimum Gasteiger partial charge on any atom is -0.399 e. The first-order valence-corrected chi connectivity index (χ1v) is 4.68. The first-order valence-electron chi connectivity index (χ1n) is 4.14. The average Bonchev–Trinajstić information content (AvgIpc) is 2.03. The molecule has 0 saturated carbocycles. The number of anilines is 1. The lowest BCUT2D eigenvalue weighted by molar-refractivity contribution is 1.29. The van der Waals surface area contributed by atoms with E-state index in [2.05, 4.69) is 11.8 Å². The molecule has 0 aromatic heterocycles. The summed E-state index contributed by atoms with van der Waals surface area (Å²) in [7, 11) is 0. The van der Waals surface area contributed by atoms with Gasteiger partial charge in [0.2, 0.25) is 0 Å². The van der Waals surface area contributed by atoms with E-state index in [1.165, 1.54) is 0 Å². The molecule has 68 valence electrons. The van der Waals surface area contributed by atoms with Crippen molar-refractivity contribution in [2.24, 2.45) is 0 Å². The summed E-state index contributed by atoms with van der Waals surface area (Å²) in [6.07, 6.45) is 0.718. The highest BCUT2D eigenvalue weighted by atomic mass is 35.5. The van der Waals surface area contributed by atoms with Crippen LogP contribution in [0.5, 0.6) is 0 Å². The van der Waals surface area contributed by atoms with E-state index in [1.54, 1.807) is 0 Å². The number of hydrogen-bond acceptors (Lipinski definition) is 1. The molecule has 0 unspecified atom stereocenters. The van der Waals surface area contributed by atoms with Gasteiger partial charge in [-0.1, -0.05) is 11.8 Å². The van der Waals surface area contributed by atoms with E-state index in [9.17, 15) is 0 Å². The Morgan fingerprint density at radius 3 is 2.77 bits per heavy atom. The highest BCUT2D eigenvalue weighted by Gasteiger charge is 1.91. The predicted octanol–water partition coefficient (Wildman–Crippen LogP) is 2.56. The summed E-state index contributed by atoms with van der Waals surface area (Å²) in [6.45, 7) is 2.00. The summed E-state index contributed by atoms with van der Waals surface area (Å²) in [6, 6.07) is 5.80. The second-order valence-corrected chi connectivity index (χ2v) is 3.25. The maximum atomic E-state index is 5.67. The summed E-state index contributed by atoms with van der Waals surface area (Å²) in [4.78, 5) is 0. The van der Waals surface area contributed by atoms with E-state index in [0.29, 0.717) is 5.88 Å². The fraction of sp³-hybridized carbons (Fsp3) is 0.273. The molecule has 0 aliphatic heterocycles. The topological polar surface area (TPSA) is 26.0 Å². The van der Waals surface area contributed by atoms with Crippen molar-refractivity contribution in [3.8, 4) is 11.8 Å². The van der Waals surface area contributed by atoms with Gasteiger partial charge in [-0.05, 0) is 30.7 Å². The van der Waals surface area contributed by atoms with Crippen LogP contribution in [0, 0.1) is 18.8 Å². The van der Waals surface area contributed by atoms with Crippen molar-refractivity contribution in [2.45, 2.75) is 13.3 Å². The summed E-state index contributed by atoms with van der Waals surface area (Å²) >= 11 is 5.50. The van der Waals surface area contributed by atoms with Crippen LogP contribution < -0.4 is 5.73 Å². The normalized spacial score (nSPS) is 9.08. The van der Waals surface area contributed by atoms with Gasteiger partial charge in [0.15, 0.2) is 0 Å². The molecule has 13 heavy (non-hydrogen) atoms. The van der Waals surface area contributed by atoms with E-state index in [-0.39, 0.29) is 0 Å². The van der Waals surface area contributed by atoms with E-state index >= 15 is 0 Å². The van der Waals surface area contributed by atoms with Crippen LogP contribution in [-0.4, -0.2) is 5.88 Å². The Balaban J connectivity index is 2.85. The molecule has 1 nitrogen and oxygen atoms in total. The molecular formula is C11H12ClN. The van der Waals surface area contributed by atoms with Crippen molar-refractivity contribution in [2.75, 3.05) is 11.6 Å². The zero-order chi connectivity index (χ0) is 9.68. The lowest BCUT2D eigenvalue weighted by Gasteiger charge is -1.97. The minimum absolute atomic E-state index is 0.578. The van der Waals surface area contributed by atoms with Crippen molar-refractivity contribution in [3.63, 3.8) is 0 Å². The zero-order valence-corrected chi connectivity index (χ0v) is 8.36. The molecule has 0 bridgehead atoms. The van der Waals surface area contributed by atoms with Crippen LogP contribution in [0.15, 0.2) is 18.2 Å². The highest BCUT2D eigenvalue weighted by Crippen LogP contribution is 2.09. The number of nitrogens with two attached hydrogens (primary N) is 1. The van der Waals surface area contributed by atoms with E-state index < -0.39 is 0 Å². The first-order chi connectivity index (χ1) is 6.22. The third kappa shape index (κ3) is 3.40. The van der Waals surface area contributed by atoms with Gasteiger partial charge in [0.05, 0.1) is 0 Å². The monoisotopic (exact) mass is 193 g/mol. The predicted molar refractivity (Wildman–Crippen MR) is 57.8 cm³/mol. The van der Waals surface area contributed by atoms with Gasteiger partial charge in [0.25, 0.3) is 0 Å². The molecule has 1 rings (SSSR count). The number of rotatable bonds is 1. The molecule has 0 saturated heterocycles. The first kappa shape index (κ1) is 9.95. The van der Waals surface area contributed by atoms with Gasteiger partial charge >= 0.3 is 0 Å². The number of nitrogen functional groups attached to an aromatic ring is 1. The van der Waals surface area contributed by atoms with Gasteiger partial charge in [-0.3, -0.25) is 0 Å². The van der Waals surface area contributed by atoms with Gasteiger partial charge in [0, 0.05) is 23.6 Å². The van der Waals surface area contributed by atoms with Gasteiger partial charge < -0.3 is 5.73 Å². The third-order valence-corrected chi connectivity index (χ3v) is 1.74. The number of alkyl halides is 1. The van der Waals surface area contributed by atoms with Crippen molar-refractivity contribution >= 4 is 17.3 Å². The third-order valence-electron chi connectivity index (χ3n) is 1.55. The van der Waals surface area contributed by atoms with Gasteiger partial charge in [-0.2, -0.15) is 0 Å². The Bertz CT molecular complexity index is 327. The molecule has 1 aromatic carbocycles. The van der Waals surface area contributed by atoms with Gasteiger partial charge in [-0.25, -0.2) is 0 Å². The molecule has 2 heteroatoms. The summed E-state index contributed by atoms with van der Waals surface area (Å²) in [5.74, 6) is 6.56. The van der Waals surface area contributed by atoms with Crippen molar-refractivity contribution in [1.29, 1.82) is 0 Å². The van der Waals surface area contributed by atoms with Crippen LogP contribution >= 0.6 is 11.6 Å². The van der Waals surface area contributed by atoms with E-state index in [0.717, 1.165) is 23.2 Å². The van der Waals surface area contributed by atoms with Crippen LogP contribution in [0.1, 0.15) is 17.5 Å². The maximum Gasteiger partial charge on any atom is 0.0333 e.